The van der Waals surface area contributed by atoms with E-state index in [-0.39, 0.29) is 12.1 Å². The summed E-state index contributed by atoms with van der Waals surface area (Å²) in [5.74, 6) is 0.576. The van der Waals surface area contributed by atoms with Gasteiger partial charge in [-0.2, -0.15) is 5.26 Å². The Bertz CT molecular complexity index is 634. The Kier molecular flexibility index (Phi) is 3.98. The highest BCUT2D eigenvalue weighted by molar-refractivity contribution is 5.97. The molecule has 1 aromatic rings. The molecule has 0 aliphatic carbocycles. The van der Waals surface area contributed by atoms with E-state index in [1.807, 2.05) is 30.3 Å². The number of nitrogens with two attached hydrogens (primary N) is 1. The molecular formula is C16H19N5O. The minimum Gasteiger partial charge on any atom is -0.369 e. The van der Waals surface area contributed by atoms with Gasteiger partial charge in [-0.15, -0.1) is 0 Å². The van der Waals surface area contributed by atoms with Crippen molar-refractivity contribution in [2.24, 2.45) is 5.73 Å². The van der Waals surface area contributed by atoms with Crippen molar-refractivity contribution < 1.29 is 4.79 Å². The van der Waals surface area contributed by atoms with Gasteiger partial charge in [0, 0.05) is 19.6 Å². The third kappa shape index (κ3) is 2.30. The van der Waals surface area contributed by atoms with Crippen LogP contribution in [0.25, 0.3) is 0 Å². The van der Waals surface area contributed by atoms with Crippen LogP contribution in [-0.2, 0) is 0 Å². The second-order valence-corrected chi connectivity index (χ2v) is 5.39. The Balaban J connectivity index is 2.10. The third-order valence-corrected chi connectivity index (χ3v) is 4.07. The maximum absolute atomic E-state index is 12.9. The molecule has 1 aromatic carbocycles. The predicted molar refractivity (Wildman–Crippen MR) is 83.7 cm³/mol. The van der Waals surface area contributed by atoms with Gasteiger partial charge in [0.05, 0.1) is 17.3 Å². The second kappa shape index (κ2) is 6.08. The first-order chi connectivity index (χ1) is 10.8. The van der Waals surface area contributed by atoms with Crippen molar-refractivity contribution in [3.8, 4) is 6.07 Å². The number of urea groups is 1. The Morgan fingerprint density at radius 2 is 2.14 bits per heavy atom. The number of carbonyl (C=O) groups excluding carboxylic acids is 1. The molecule has 0 aromatic heterocycles. The molecule has 2 heterocycles. The number of benzene rings is 1. The van der Waals surface area contributed by atoms with Gasteiger partial charge in [-0.25, -0.2) is 9.69 Å². The molecule has 0 bridgehead atoms. The summed E-state index contributed by atoms with van der Waals surface area (Å²) in [6.45, 7) is 1.65. The molecule has 6 heteroatoms. The Hall–Kier alpha value is -2.52. The van der Waals surface area contributed by atoms with E-state index in [0.29, 0.717) is 31.0 Å². The number of nitrogens with one attached hydrogen (secondary N) is 1. The minimum atomic E-state index is -0.113. The molecule has 6 nitrogen and oxygen atoms in total. The largest absolute Gasteiger partial charge is 0.369 e. The summed E-state index contributed by atoms with van der Waals surface area (Å²) in [4.78, 5) is 16.3. The Labute approximate surface area is 129 Å². The summed E-state index contributed by atoms with van der Waals surface area (Å²) in [7, 11) is 0. The summed E-state index contributed by atoms with van der Waals surface area (Å²) in [5, 5.41) is 12.8. The number of fused-ring (bicyclic) bond motifs is 1. The monoisotopic (exact) mass is 297 g/mol. The van der Waals surface area contributed by atoms with Crippen LogP contribution >= 0.6 is 0 Å². The van der Waals surface area contributed by atoms with Crippen LogP contribution in [0.2, 0.25) is 0 Å². The molecule has 0 radical (unpaired) electrons. The van der Waals surface area contributed by atoms with Gasteiger partial charge in [-0.05, 0) is 25.0 Å². The SMILES string of the molecule is N#CC1=C(NCCN)N(c2ccccc2)C(=O)N2CCCC12. The lowest BCUT2D eigenvalue weighted by molar-refractivity contribution is 0.203. The van der Waals surface area contributed by atoms with Gasteiger partial charge in [0.25, 0.3) is 0 Å². The zero-order valence-corrected chi connectivity index (χ0v) is 12.3. The van der Waals surface area contributed by atoms with Crippen LogP contribution in [0.1, 0.15) is 12.8 Å². The fourth-order valence-electron chi connectivity index (χ4n) is 3.11. The number of rotatable bonds is 4. The zero-order chi connectivity index (χ0) is 15.5. The van der Waals surface area contributed by atoms with E-state index in [0.717, 1.165) is 18.5 Å². The molecule has 1 atom stereocenters. The van der Waals surface area contributed by atoms with Crippen LogP contribution in [0.3, 0.4) is 0 Å². The summed E-state index contributed by atoms with van der Waals surface area (Å²) in [6.07, 6.45) is 1.76. The molecule has 0 saturated carbocycles. The van der Waals surface area contributed by atoms with Crippen LogP contribution in [0.5, 0.6) is 0 Å². The number of hydrogen-bond donors (Lipinski definition) is 2. The first kappa shape index (κ1) is 14.4. The molecule has 3 rings (SSSR count). The molecule has 22 heavy (non-hydrogen) atoms. The van der Waals surface area contributed by atoms with Gasteiger partial charge in [-0.1, -0.05) is 18.2 Å². The fourth-order valence-corrected chi connectivity index (χ4v) is 3.11. The van der Waals surface area contributed by atoms with Crippen molar-refractivity contribution in [1.29, 1.82) is 5.26 Å². The first-order valence-corrected chi connectivity index (χ1v) is 7.52. The number of carbonyl (C=O) groups is 1. The van der Waals surface area contributed by atoms with Crippen LogP contribution < -0.4 is 16.0 Å². The number of anilines is 1. The molecule has 2 amide bonds. The van der Waals surface area contributed by atoms with Crippen molar-refractivity contribution in [1.82, 2.24) is 10.2 Å². The highest BCUT2D eigenvalue weighted by Crippen LogP contribution is 2.34. The Morgan fingerprint density at radius 3 is 2.82 bits per heavy atom. The van der Waals surface area contributed by atoms with E-state index in [1.165, 1.54) is 0 Å². The van der Waals surface area contributed by atoms with Gasteiger partial charge >= 0.3 is 6.03 Å². The van der Waals surface area contributed by atoms with Crippen molar-refractivity contribution in [2.75, 3.05) is 24.5 Å². The van der Waals surface area contributed by atoms with E-state index < -0.39 is 0 Å². The lowest BCUT2D eigenvalue weighted by Crippen LogP contribution is -2.54. The highest BCUT2D eigenvalue weighted by Gasteiger charge is 2.42. The van der Waals surface area contributed by atoms with E-state index in [2.05, 4.69) is 11.4 Å². The molecule has 0 spiro atoms. The molecule has 2 aliphatic heterocycles. The standard InChI is InChI=1S/C16H19N5O/c17-8-9-19-15-13(11-18)14-7-4-10-20(14)16(22)21(15)12-5-2-1-3-6-12/h1-3,5-6,14,19H,4,7-10,17H2. The first-order valence-electron chi connectivity index (χ1n) is 7.52. The summed E-state index contributed by atoms with van der Waals surface area (Å²) in [6, 6.07) is 11.5. The lowest BCUT2D eigenvalue weighted by atomic mass is 10.0. The van der Waals surface area contributed by atoms with Gasteiger partial charge in [-0.3, -0.25) is 0 Å². The van der Waals surface area contributed by atoms with Crippen LogP contribution in [-0.4, -0.2) is 36.6 Å². The quantitative estimate of drug-likeness (QED) is 0.879. The molecule has 1 unspecified atom stereocenters. The average Bonchev–Trinajstić information content (AvgIpc) is 3.03. The van der Waals surface area contributed by atoms with Gasteiger partial charge in [0.1, 0.15) is 11.9 Å². The summed E-state index contributed by atoms with van der Waals surface area (Å²) >= 11 is 0. The highest BCUT2D eigenvalue weighted by atomic mass is 16.2. The van der Waals surface area contributed by atoms with Gasteiger partial charge in [0.15, 0.2) is 0 Å². The maximum atomic E-state index is 12.9. The lowest BCUT2D eigenvalue weighted by Gasteiger charge is -2.39. The van der Waals surface area contributed by atoms with E-state index >= 15 is 0 Å². The average molecular weight is 297 g/mol. The third-order valence-electron chi connectivity index (χ3n) is 4.07. The van der Waals surface area contributed by atoms with Crippen molar-refractivity contribution in [2.45, 2.75) is 18.9 Å². The van der Waals surface area contributed by atoms with Crippen molar-refractivity contribution >= 4 is 11.7 Å². The van der Waals surface area contributed by atoms with Crippen molar-refractivity contribution in [3.05, 3.63) is 41.7 Å². The predicted octanol–water partition coefficient (Wildman–Crippen LogP) is 1.37. The minimum absolute atomic E-state index is 0.0766. The topological polar surface area (TPSA) is 85.4 Å². The van der Waals surface area contributed by atoms with Crippen LogP contribution in [0.4, 0.5) is 10.5 Å². The number of nitrogens with zero attached hydrogens (tertiary/aromatic N) is 3. The summed E-state index contributed by atoms with van der Waals surface area (Å²) in [5.41, 5.74) is 6.95. The normalized spacial score (nSPS) is 20.9. The summed E-state index contributed by atoms with van der Waals surface area (Å²) < 4.78 is 0. The van der Waals surface area contributed by atoms with E-state index in [4.69, 9.17) is 5.73 Å². The number of nitriles is 1. The molecule has 1 fully saturated rings. The molecule has 3 N–H and O–H groups in total. The molecule has 114 valence electrons. The van der Waals surface area contributed by atoms with Crippen LogP contribution in [0, 0.1) is 11.3 Å². The number of hydrogen-bond acceptors (Lipinski definition) is 4. The van der Waals surface area contributed by atoms with E-state index in [1.54, 1.807) is 9.80 Å². The van der Waals surface area contributed by atoms with Crippen LogP contribution in [0.15, 0.2) is 41.7 Å². The molecule has 1 saturated heterocycles. The zero-order valence-electron chi connectivity index (χ0n) is 12.3. The van der Waals surface area contributed by atoms with Gasteiger partial charge < -0.3 is 16.0 Å². The van der Waals surface area contributed by atoms with Crippen molar-refractivity contribution in [3.63, 3.8) is 0 Å². The number of amides is 2. The second-order valence-electron chi connectivity index (χ2n) is 5.39. The Morgan fingerprint density at radius 1 is 1.36 bits per heavy atom. The maximum Gasteiger partial charge on any atom is 0.330 e. The fraction of sp³-hybridized carbons (Fsp3) is 0.375. The smallest absolute Gasteiger partial charge is 0.330 e. The van der Waals surface area contributed by atoms with Gasteiger partial charge in [0.2, 0.25) is 0 Å². The molecular weight excluding hydrogens is 278 g/mol. The number of para-hydroxylation sites is 1. The molecule has 2 aliphatic rings. The van der Waals surface area contributed by atoms with E-state index in [9.17, 15) is 10.1 Å².